The molecule has 0 fully saturated rings. The van der Waals surface area contributed by atoms with Gasteiger partial charge in [0.05, 0.1) is 0 Å². The van der Waals surface area contributed by atoms with E-state index in [0.717, 1.165) is 5.56 Å². The number of hydrogen-bond donors (Lipinski definition) is 2. The molecule has 103 valence electrons. The summed E-state index contributed by atoms with van der Waals surface area (Å²) in [6.45, 7) is 1.96. The second-order valence-corrected chi connectivity index (χ2v) is 4.53. The van der Waals surface area contributed by atoms with Crippen LogP contribution in [-0.4, -0.2) is 13.3 Å². The van der Waals surface area contributed by atoms with Crippen LogP contribution >= 0.6 is 0 Å². The van der Waals surface area contributed by atoms with Gasteiger partial charge in [0.15, 0.2) is 6.20 Å². The molecule has 0 aliphatic carbocycles. The van der Waals surface area contributed by atoms with Crippen molar-refractivity contribution in [3.05, 3.63) is 66.0 Å². The summed E-state index contributed by atoms with van der Waals surface area (Å²) in [6, 6.07) is 13.2. The summed E-state index contributed by atoms with van der Waals surface area (Å²) in [5.41, 5.74) is 7.18. The summed E-state index contributed by atoms with van der Waals surface area (Å²) in [6.07, 6.45) is 3.29. The van der Waals surface area contributed by atoms with Gasteiger partial charge in [-0.15, -0.1) is 0 Å². The predicted molar refractivity (Wildman–Crippen MR) is 78.9 cm³/mol. The Kier molecular flexibility index (Phi) is 5.07. The highest BCUT2D eigenvalue weighted by Crippen LogP contribution is 2.09. The molecule has 1 unspecified atom stereocenters. The third-order valence-electron chi connectivity index (χ3n) is 2.99. The van der Waals surface area contributed by atoms with Gasteiger partial charge < -0.3 is 0 Å². The molecule has 0 saturated heterocycles. The summed E-state index contributed by atoms with van der Waals surface area (Å²) in [5, 5.41) is 8.61. The van der Waals surface area contributed by atoms with Crippen LogP contribution in [0.25, 0.3) is 0 Å². The van der Waals surface area contributed by atoms with Crippen molar-refractivity contribution in [1.82, 2.24) is 10.9 Å². The Morgan fingerprint density at radius 1 is 1.29 bits per heavy atom. The van der Waals surface area contributed by atoms with Crippen LogP contribution in [0, 0.1) is 11.2 Å². The van der Waals surface area contributed by atoms with E-state index in [1.807, 2.05) is 43.2 Å². The average molecular weight is 278 g/mol. The maximum Gasteiger partial charge on any atom is 0.671 e. The zero-order valence-electron chi connectivity index (χ0n) is 11.7. The fourth-order valence-corrected chi connectivity index (χ4v) is 1.85. The van der Waals surface area contributed by atoms with Crippen LogP contribution in [0.1, 0.15) is 28.9 Å². The molecule has 0 aliphatic heterocycles. The topological polar surface area (TPSA) is 68.8 Å². The van der Waals surface area contributed by atoms with Crippen LogP contribution < -0.4 is 15.3 Å². The first kappa shape index (κ1) is 14.8. The fourth-order valence-electron chi connectivity index (χ4n) is 1.85. The monoisotopic (exact) mass is 278 g/mol. The molecule has 21 heavy (non-hydrogen) atoms. The van der Waals surface area contributed by atoms with Crippen LogP contribution in [-0.2, 0) is 0 Å². The number of pyridine rings is 1. The van der Waals surface area contributed by atoms with E-state index in [-0.39, 0.29) is 11.9 Å². The van der Waals surface area contributed by atoms with Gasteiger partial charge in [0.2, 0.25) is 0 Å². The molecule has 0 spiro atoms. The average Bonchev–Trinajstić information content (AvgIpc) is 2.53. The largest absolute Gasteiger partial charge is 0.671 e. The lowest BCUT2D eigenvalue weighted by Crippen LogP contribution is -2.42. The Labute approximate surface area is 124 Å². The summed E-state index contributed by atoms with van der Waals surface area (Å²) in [5.74, 6) is 1.66. The number of hydrogen-bond acceptors (Lipinski definition) is 3. The molecule has 1 heterocycles. The molecule has 0 saturated carbocycles. The molecule has 2 N–H and O–H groups in total. The number of carbonyl (C=O) groups is 1. The SMILES string of the molecule is CC(NNC(=O)c1ccc[n+]([B]C#N)c1)c1ccccc1. The van der Waals surface area contributed by atoms with Crippen molar-refractivity contribution in [3.63, 3.8) is 0 Å². The van der Waals surface area contributed by atoms with E-state index in [1.165, 1.54) is 11.9 Å². The van der Waals surface area contributed by atoms with E-state index in [2.05, 4.69) is 10.9 Å². The first-order chi connectivity index (χ1) is 10.2. The highest BCUT2D eigenvalue weighted by atomic mass is 16.2. The van der Waals surface area contributed by atoms with Crippen LogP contribution in [0.2, 0.25) is 0 Å². The van der Waals surface area contributed by atoms with Crippen LogP contribution in [0.3, 0.4) is 0 Å². The molecule has 1 radical (unpaired) electrons. The van der Waals surface area contributed by atoms with Crippen LogP contribution in [0.4, 0.5) is 0 Å². The van der Waals surface area contributed by atoms with Gasteiger partial charge in [-0.3, -0.25) is 14.7 Å². The minimum Gasteiger partial charge on any atom is -0.287 e. The number of benzene rings is 1. The smallest absolute Gasteiger partial charge is 0.287 e. The van der Waals surface area contributed by atoms with E-state index in [9.17, 15) is 4.79 Å². The lowest BCUT2D eigenvalue weighted by molar-refractivity contribution is -0.527. The highest BCUT2D eigenvalue weighted by molar-refractivity contribution is 6.35. The minimum absolute atomic E-state index is 0.00310. The molecule has 1 amide bonds. The molecular weight excluding hydrogens is 263 g/mol. The lowest BCUT2D eigenvalue weighted by atomic mass is 9.98. The first-order valence-corrected chi connectivity index (χ1v) is 6.55. The maximum absolute atomic E-state index is 12.1. The Bertz CT molecular complexity index is 654. The first-order valence-electron chi connectivity index (χ1n) is 6.55. The molecular formula is C15H15BN4O+. The third-order valence-corrected chi connectivity index (χ3v) is 2.99. The van der Waals surface area contributed by atoms with Crippen molar-refractivity contribution in [2.45, 2.75) is 13.0 Å². The van der Waals surface area contributed by atoms with Gasteiger partial charge in [0.25, 0.3) is 5.91 Å². The Morgan fingerprint density at radius 3 is 2.76 bits per heavy atom. The number of carbonyl (C=O) groups excluding carboxylic acids is 1. The van der Waals surface area contributed by atoms with Gasteiger partial charge in [0.1, 0.15) is 17.7 Å². The van der Waals surface area contributed by atoms with Crippen LogP contribution in [0.15, 0.2) is 54.9 Å². The van der Waals surface area contributed by atoms with Gasteiger partial charge in [-0.05, 0) is 18.6 Å². The molecule has 0 aliphatic rings. The Balaban J connectivity index is 1.96. The van der Waals surface area contributed by atoms with Crippen molar-refractivity contribution in [3.8, 4) is 5.97 Å². The van der Waals surface area contributed by atoms with E-state index in [1.54, 1.807) is 24.5 Å². The number of nitriles is 1. The highest BCUT2D eigenvalue weighted by Gasteiger charge is 2.13. The standard InChI is InChI=1S/C15H15BN4O/c1-12(13-6-3-2-4-7-13)18-19-15(21)14-8-5-9-20(10-14)16-11-17/h2-10,12,18H,1H3,(H,19,21)/q+1. The van der Waals surface area contributed by atoms with Gasteiger partial charge >= 0.3 is 7.41 Å². The molecule has 1 aromatic heterocycles. The molecule has 1 atom stereocenters. The van der Waals surface area contributed by atoms with Gasteiger partial charge in [-0.1, -0.05) is 30.3 Å². The Hall–Kier alpha value is -2.65. The molecule has 6 heteroatoms. The van der Waals surface area contributed by atoms with E-state index in [4.69, 9.17) is 5.26 Å². The van der Waals surface area contributed by atoms with E-state index in [0.29, 0.717) is 5.56 Å². The maximum atomic E-state index is 12.1. The molecule has 5 nitrogen and oxygen atoms in total. The molecule has 0 bridgehead atoms. The summed E-state index contributed by atoms with van der Waals surface area (Å²) < 4.78 is 1.54. The van der Waals surface area contributed by atoms with Crippen molar-refractivity contribution < 1.29 is 9.27 Å². The molecule has 1 aromatic carbocycles. The van der Waals surface area contributed by atoms with E-state index < -0.39 is 0 Å². The predicted octanol–water partition coefficient (Wildman–Crippen LogP) is 0.918. The lowest BCUT2D eigenvalue weighted by Gasteiger charge is -2.14. The molecule has 2 rings (SSSR count). The zero-order valence-corrected chi connectivity index (χ0v) is 11.7. The number of rotatable bonds is 5. The van der Waals surface area contributed by atoms with E-state index >= 15 is 0 Å². The van der Waals surface area contributed by atoms with Crippen LogP contribution in [0.5, 0.6) is 0 Å². The Morgan fingerprint density at radius 2 is 2.05 bits per heavy atom. The van der Waals surface area contributed by atoms with Gasteiger partial charge in [-0.25, -0.2) is 10.7 Å². The van der Waals surface area contributed by atoms with Crippen molar-refractivity contribution in [2.75, 3.05) is 0 Å². The number of amides is 1. The van der Waals surface area contributed by atoms with Gasteiger partial charge in [0, 0.05) is 12.1 Å². The van der Waals surface area contributed by atoms with Gasteiger partial charge in [-0.2, -0.15) is 0 Å². The summed E-state index contributed by atoms with van der Waals surface area (Å²) in [7, 11) is 1.32. The second-order valence-electron chi connectivity index (χ2n) is 4.53. The zero-order chi connectivity index (χ0) is 15.1. The van der Waals surface area contributed by atoms with Crippen molar-refractivity contribution in [1.29, 1.82) is 5.26 Å². The molecule has 2 aromatic rings. The minimum atomic E-state index is -0.251. The number of nitrogens with one attached hydrogen (secondary N) is 2. The van der Waals surface area contributed by atoms with Crippen molar-refractivity contribution in [2.24, 2.45) is 0 Å². The number of hydrazine groups is 1. The number of nitrogens with zero attached hydrogens (tertiary/aromatic N) is 2. The number of aromatic nitrogens is 1. The summed E-state index contributed by atoms with van der Waals surface area (Å²) >= 11 is 0. The normalized spacial score (nSPS) is 11.2. The quantitative estimate of drug-likeness (QED) is 0.631. The van der Waals surface area contributed by atoms with Crippen molar-refractivity contribution >= 4 is 13.3 Å². The summed E-state index contributed by atoms with van der Waals surface area (Å²) in [4.78, 5) is 12.1. The fraction of sp³-hybridized carbons (Fsp3) is 0.133. The second kappa shape index (κ2) is 7.22. The third kappa shape index (κ3) is 4.16.